The average molecular weight is 208 g/mol. The fourth-order valence-electron chi connectivity index (χ4n) is 2.20. The first-order valence-electron chi connectivity index (χ1n) is 5.21. The van der Waals surface area contributed by atoms with Gasteiger partial charge in [-0.25, -0.2) is 0 Å². The fraction of sp³-hybridized carbons (Fsp3) is 0.500. The lowest BCUT2D eigenvalue weighted by Crippen LogP contribution is -2.01. The molecule has 1 aliphatic heterocycles. The lowest BCUT2D eigenvalue weighted by atomic mass is 9.98. The molecule has 0 fully saturated rings. The Balaban J connectivity index is 2.55. The average Bonchev–Trinajstić information content (AvgIpc) is 2.66. The lowest BCUT2D eigenvalue weighted by molar-refractivity contribution is 0.296. The van der Waals surface area contributed by atoms with Gasteiger partial charge in [-0.05, 0) is 25.0 Å². The monoisotopic (exact) mass is 208 g/mol. The van der Waals surface area contributed by atoms with Crippen LogP contribution >= 0.6 is 0 Å². The van der Waals surface area contributed by atoms with E-state index in [4.69, 9.17) is 14.6 Å². The van der Waals surface area contributed by atoms with E-state index in [9.17, 15) is 0 Å². The van der Waals surface area contributed by atoms with Crippen LogP contribution in [0, 0.1) is 6.92 Å². The number of aliphatic hydroxyl groups is 1. The summed E-state index contributed by atoms with van der Waals surface area (Å²) in [6.07, 6.45) is 1.55. The molecular formula is C12H16O3. The SMILES string of the molecule is COc1c(C)cc2c(c1CCO)CCO2. The first-order chi connectivity index (χ1) is 7.27. The molecule has 0 aromatic heterocycles. The number of hydrogen-bond acceptors (Lipinski definition) is 3. The Morgan fingerprint density at radius 3 is 3.00 bits per heavy atom. The summed E-state index contributed by atoms with van der Waals surface area (Å²) in [5.74, 6) is 1.85. The van der Waals surface area contributed by atoms with E-state index < -0.39 is 0 Å². The molecular weight excluding hydrogens is 192 g/mol. The number of rotatable bonds is 3. The normalized spacial score (nSPS) is 13.5. The highest BCUT2D eigenvalue weighted by atomic mass is 16.5. The van der Waals surface area contributed by atoms with Crippen molar-refractivity contribution in [2.75, 3.05) is 20.3 Å². The maximum absolute atomic E-state index is 9.07. The summed E-state index contributed by atoms with van der Waals surface area (Å²) in [4.78, 5) is 0. The minimum atomic E-state index is 0.145. The van der Waals surface area contributed by atoms with Gasteiger partial charge in [0.25, 0.3) is 0 Å². The number of methoxy groups -OCH3 is 1. The van der Waals surface area contributed by atoms with E-state index in [2.05, 4.69) is 0 Å². The Kier molecular flexibility index (Phi) is 2.82. The van der Waals surface area contributed by atoms with Crippen molar-refractivity contribution < 1.29 is 14.6 Å². The number of ether oxygens (including phenoxy) is 2. The van der Waals surface area contributed by atoms with Gasteiger partial charge in [0.05, 0.1) is 13.7 Å². The van der Waals surface area contributed by atoms with Crippen molar-refractivity contribution in [3.63, 3.8) is 0 Å². The van der Waals surface area contributed by atoms with Crippen molar-refractivity contribution in [3.05, 3.63) is 22.8 Å². The van der Waals surface area contributed by atoms with E-state index in [1.165, 1.54) is 5.56 Å². The standard InChI is InChI=1S/C12H16O3/c1-8-7-11-9(4-6-15-11)10(3-5-13)12(8)14-2/h7,13H,3-6H2,1-2H3. The highest BCUT2D eigenvalue weighted by Crippen LogP contribution is 2.37. The number of aryl methyl sites for hydroxylation is 1. The van der Waals surface area contributed by atoms with Crippen LogP contribution in [-0.2, 0) is 12.8 Å². The van der Waals surface area contributed by atoms with Gasteiger partial charge in [-0.3, -0.25) is 0 Å². The molecule has 0 unspecified atom stereocenters. The topological polar surface area (TPSA) is 38.7 Å². The van der Waals surface area contributed by atoms with Crippen LogP contribution in [0.5, 0.6) is 11.5 Å². The van der Waals surface area contributed by atoms with Gasteiger partial charge in [0, 0.05) is 24.2 Å². The molecule has 3 nitrogen and oxygen atoms in total. The zero-order valence-corrected chi connectivity index (χ0v) is 9.17. The molecule has 3 heteroatoms. The van der Waals surface area contributed by atoms with Crippen LogP contribution in [0.3, 0.4) is 0 Å². The molecule has 0 amide bonds. The number of fused-ring (bicyclic) bond motifs is 1. The van der Waals surface area contributed by atoms with Gasteiger partial charge in [0.1, 0.15) is 11.5 Å². The van der Waals surface area contributed by atoms with Gasteiger partial charge in [-0.2, -0.15) is 0 Å². The molecule has 1 aromatic carbocycles. The highest BCUT2D eigenvalue weighted by Gasteiger charge is 2.21. The van der Waals surface area contributed by atoms with Gasteiger partial charge in [0.2, 0.25) is 0 Å². The van der Waals surface area contributed by atoms with Crippen molar-refractivity contribution in [2.45, 2.75) is 19.8 Å². The first kappa shape index (κ1) is 10.3. The summed E-state index contributed by atoms with van der Waals surface area (Å²) in [5.41, 5.74) is 3.38. The van der Waals surface area contributed by atoms with Gasteiger partial charge in [0.15, 0.2) is 0 Å². The van der Waals surface area contributed by atoms with Gasteiger partial charge < -0.3 is 14.6 Å². The number of benzene rings is 1. The zero-order valence-electron chi connectivity index (χ0n) is 9.17. The van der Waals surface area contributed by atoms with E-state index in [-0.39, 0.29) is 6.61 Å². The Hall–Kier alpha value is -1.22. The smallest absolute Gasteiger partial charge is 0.125 e. The second-order valence-corrected chi connectivity index (χ2v) is 3.75. The fourth-order valence-corrected chi connectivity index (χ4v) is 2.20. The van der Waals surface area contributed by atoms with Gasteiger partial charge in [-0.15, -0.1) is 0 Å². The lowest BCUT2D eigenvalue weighted by Gasteiger charge is -2.14. The van der Waals surface area contributed by atoms with Crippen LogP contribution < -0.4 is 9.47 Å². The van der Waals surface area contributed by atoms with E-state index in [0.717, 1.165) is 35.7 Å². The van der Waals surface area contributed by atoms with E-state index in [1.807, 2.05) is 13.0 Å². The van der Waals surface area contributed by atoms with Crippen LogP contribution in [0.15, 0.2) is 6.07 Å². The molecule has 0 atom stereocenters. The Labute approximate surface area is 89.6 Å². The molecule has 15 heavy (non-hydrogen) atoms. The molecule has 1 N–H and O–H groups in total. The summed E-state index contributed by atoms with van der Waals surface area (Å²) in [7, 11) is 1.67. The highest BCUT2D eigenvalue weighted by molar-refractivity contribution is 5.54. The summed E-state index contributed by atoms with van der Waals surface area (Å²) in [6, 6.07) is 2.02. The van der Waals surface area contributed by atoms with E-state index >= 15 is 0 Å². The third-order valence-corrected chi connectivity index (χ3v) is 2.82. The predicted molar refractivity (Wildman–Crippen MR) is 57.7 cm³/mol. The van der Waals surface area contributed by atoms with Crippen LogP contribution in [-0.4, -0.2) is 25.4 Å². The van der Waals surface area contributed by atoms with Crippen molar-refractivity contribution >= 4 is 0 Å². The summed E-state index contributed by atoms with van der Waals surface area (Å²) in [6.45, 7) is 2.88. The minimum absolute atomic E-state index is 0.145. The molecule has 0 radical (unpaired) electrons. The van der Waals surface area contributed by atoms with E-state index in [1.54, 1.807) is 7.11 Å². The summed E-state index contributed by atoms with van der Waals surface area (Å²) in [5, 5.41) is 9.07. The molecule has 1 heterocycles. The van der Waals surface area contributed by atoms with Crippen molar-refractivity contribution in [1.82, 2.24) is 0 Å². The second kappa shape index (κ2) is 4.11. The number of aliphatic hydroxyl groups excluding tert-OH is 1. The third-order valence-electron chi connectivity index (χ3n) is 2.82. The first-order valence-corrected chi connectivity index (χ1v) is 5.21. The van der Waals surface area contributed by atoms with E-state index in [0.29, 0.717) is 6.42 Å². The Morgan fingerprint density at radius 1 is 1.53 bits per heavy atom. The van der Waals surface area contributed by atoms with Crippen LogP contribution in [0.1, 0.15) is 16.7 Å². The number of hydrogen-bond donors (Lipinski definition) is 1. The molecule has 0 bridgehead atoms. The second-order valence-electron chi connectivity index (χ2n) is 3.75. The molecule has 0 spiro atoms. The molecule has 82 valence electrons. The van der Waals surface area contributed by atoms with Crippen LogP contribution in [0.2, 0.25) is 0 Å². The van der Waals surface area contributed by atoms with Crippen molar-refractivity contribution in [2.24, 2.45) is 0 Å². The summed E-state index contributed by atoms with van der Waals surface area (Å²) >= 11 is 0. The zero-order chi connectivity index (χ0) is 10.8. The largest absolute Gasteiger partial charge is 0.496 e. The van der Waals surface area contributed by atoms with Crippen molar-refractivity contribution in [3.8, 4) is 11.5 Å². The van der Waals surface area contributed by atoms with Crippen LogP contribution in [0.25, 0.3) is 0 Å². The predicted octanol–water partition coefficient (Wildman–Crippen LogP) is 1.47. The summed E-state index contributed by atoms with van der Waals surface area (Å²) < 4.78 is 10.9. The Morgan fingerprint density at radius 2 is 2.33 bits per heavy atom. The van der Waals surface area contributed by atoms with Crippen molar-refractivity contribution in [1.29, 1.82) is 0 Å². The maximum Gasteiger partial charge on any atom is 0.125 e. The quantitative estimate of drug-likeness (QED) is 0.817. The maximum atomic E-state index is 9.07. The molecule has 1 aliphatic rings. The Bertz CT molecular complexity index is 368. The third kappa shape index (κ3) is 1.67. The molecule has 0 aliphatic carbocycles. The molecule has 1 aromatic rings. The molecule has 0 saturated heterocycles. The minimum Gasteiger partial charge on any atom is -0.496 e. The van der Waals surface area contributed by atoms with Gasteiger partial charge >= 0.3 is 0 Å². The van der Waals surface area contributed by atoms with Gasteiger partial charge in [-0.1, -0.05) is 0 Å². The molecule has 2 rings (SSSR count). The van der Waals surface area contributed by atoms with Crippen LogP contribution in [0.4, 0.5) is 0 Å². The molecule has 0 saturated carbocycles.